The molecule has 0 saturated carbocycles. The molecule has 0 atom stereocenters. The Labute approximate surface area is 164 Å². The van der Waals surface area contributed by atoms with E-state index in [1.54, 1.807) is 0 Å². The predicted molar refractivity (Wildman–Crippen MR) is 106 cm³/mol. The van der Waals surface area contributed by atoms with Gasteiger partial charge in [0.25, 0.3) is 0 Å². The number of benzene rings is 1. The third kappa shape index (κ3) is 3.12. The Balaban J connectivity index is 1.36. The maximum atomic E-state index is 13.3. The Hall–Kier alpha value is -2.57. The molecule has 0 unspecified atom stereocenters. The standard InChI is InChI=1S/C22H24FN5/c23-19-3-1-18(2-4-19)20-15-25-21-22(26-11-14-28(20)21)7-12-27(13-8-22)16-17-5-9-24-10-6-17/h1-6,9-10,15,26H,7-8,11-14,16H2. The van der Waals surface area contributed by atoms with E-state index < -0.39 is 0 Å². The third-order valence-corrected chi connectivity index (χ3v) is 6.09. The van der Waals surface area contributed by atoms with E-state index in [2.05, 4.69) is 31.9 Å². The molecule has 3 aromatic rings. The zero-order valence-corrected chi connectivity index (χ0v) is 15.8. The lowest BCUT2D eigenvalue weighted by Gasteiger charge is -2.44. The lowest BCUT2D eigenvalue weighted by atomic mass is 9.85. The number of nitrogens with one attached hydrogen (secondary N) is 1. The normalized spacial score (nSPS) is 18.9. The first-order valence-corrected chi connectivity index (χ1v) is 9.92. The van der Waals surface area contributed by atoms with Crippen LogP contribution in [0.3, 0.4) is 0 Å². The molecule has 0 amide bonds. The Morgan fingerprint density at radius 3 is 2.50 bits per heavy atom. The predicted octanol–water partition coefficient (Wildman–Crippen LogP) is 3.18. The van der Waals surface area contributed by atoms with Crippen LogP contribution in [0.25, 0.3) is 11.3 Å². The Kier molecular flexibility index (Phi) is 4.45. The summed E-state index contributed by atoms with van der Waals surface area (Å²) in [5.74, 6) is 0.920. The van der Waals surface area contributed by atoms with Crippen LogP contribution < -0.4 is 5.32 Å². The molecule has 0 aliphatic carbocycles. The van der Waals surface area contributed by atoms with Gasteiger partial charge in [-0.2, -0.15) is 0 Å². The van der Waals surface area contributed by atoms with Gasteiger partial charge in [-0.25, -0.2) is 9.37 Å². The van der Waals surface area contributed by atoms with Gasteiger partial charge < -0.3 is 9.88 Å². The van der Waals surface area contributed by atoms with Crippen LogP contribution in [-0.2, 0) is 18.6 Å². The van der Waals surface area contributed by atoms with Crippen LogP contribution in [0.5, 0.6) is 0 Å². The van der Waals surface area contributed by atoms with Gasteiger partial charge in [0, 0.05) is 45.1 Å². The maximum Gasteiger partial charge on any atom is 0.129 e. The molecule has 2 aliphatic heterocycles. The number of halogens is 1. The van der Waals surface area contributed by atoms with E-state index in [9.17, 15) is 4.39 Å². The molecule has 1 saturated heterocycles. The highest BCUT2D eigenvalue weighted by Crippen LogP contribution is 2.37. The fraction of sp³-hybridized carbons (Fsp3) is 0.364. The lowest BCUT2D eigenvalue weighted by Crippen LogP contribution is -2.55. The molecule has 2 aliphatic rings. The number of likely N-dealkylation sites (tertiary alicyclic amines) is 1. The summed E-state index contributed by atoms with van der Waals surface area (Å²) in [6.45, 7) is 4.86. The Morgan fingerprint density at radius 2 is 1.75 bits per heavy atom. The van der Waals surface area contributed by atoms with Crippen LogP contribution >= 0.6 is 0 Å². The van der Waals surface area contributed by atoms with Crippen molar-refractivity contribution < 1.29 is 4.39 Å². The zero-order chi connectivity index (χ0) is 19.0. The SMILES string of the molecule is Fc1ccc(-c2cnc3n2CCNC32CCN(Cc3ccncc3)CC2)cc1. The van der Waals surface area contributed by atoms with Crippen LogP contribution in [0.2, 0.25) is 0 Å². The van der Waals surface area contributed by atoms with Crippen LogP contribution in [0.4, 0.5) is 4.39 Å². The van der Waals surface area contributed by atoms with Crippen molar-refractivity contribution >= 4 is 0 Å². The van der Waals surface area contributed by atoms with Crippen molar-refractivity contribution in [1.82, 2.24) is 24.8 Å². The molecule has 2 aromatic heterocycles. The second-order valence-electron chi connectivity index (χ2n) is 7.77. The molecule has 6 heteroatoms. The van der Waals surface area contributed by atoms with Crippen molar-refractivity contribution in [2.75, 3.05) is 19.6 Å². The summed E-state index contributed by atoms with van der Waals surface area (Å²) >= 11 is 0. The van der Waals surface area contributed by atoms with E-state index in [4.69, 9.17) is 4.98 Å². The minimum Gasteiger partial charge on any atom is -0.325 e. The Bertz CT molecular complexity index is 943. The summed E-state index contributed by atoms with van der Waals surface area (Å²) in [5.41, 5.74) is 3.34. The molecule has 1 spiro atoms. The molecule has 1 N–H and O–H groups in total. The first-order chi connectivity index (χ1) is 13.7. The van der Waals surface area contributed by atoms with Crippen LogP contribution in [0.1, 0.15) is 24.2 Å². The number of rotatable bonds is 3. The number of nitrogens with zero attached hydrogens (tertiary/aromatic N) is 4. The molecule has 5 nitrogen and oxygen atoms in total. The lowest BCUT2D eigenvalue weighted by molar-refractivity contribution is 0.109. The monoisotopic (exact) mass is 377 g/mol. The van der Waals surface area contributed by atoms with Gasteiger partial charge in [0.2, 0.25) is 0 Å². The van der Waals surface area contributed by atoms with Gasteiger partial charge >= 0.3 is 0 Å². The maximum absolute atomic E-state index is 13.3. The number of pyridine rings is 1. The highest BCUT2D eigenvalue weighted by molar-refractivity contribution is 5.59. The first-order valence-electron chi connectivity index (χ1n) is 9.92. The largest absolute Gasteiger partial charge is 0.325 e. The molecule has 1 aromatic carbocycles. The number of hydrogen-bond donors (Lipinski definition) is 1. The summed E-state index contributed by atoms with van der Waals surface area (Å²) in [6.07, 6.45) is 7.74. The van der Waals surface area contributed by atoms with Crippen molar-refractivity contribution in [3.63, 3.8) is 0 Å². The third-order valence-electron chi connectivity index (χ3n) is 6.09. The number of aromatic nitrogens is 3. The van der Waals surface area contributed by atoms with Gasteiger partial charge in [-0.1, -0.05) is 0 Å². The molecule has 144 valence electrons. The molecule has 5 rings (SSSR count). The van der Waals surface area contributed by atoms with E-state index in [0.29, 0.717) is 0 Å². The number of piperidine rings is 1. The zero-order valence-electron chi connectivity index (χ0n) is 15.8. The van der Waals surface area contributed by atoms with Crippen molar-refractivity contribution in [3.05, 3.63) is 72.2 Å². The molecule has 28 heavy (non-hydrogen) atoms. The van der Waals surface area contributed by atoms with Crippen molar-refractivity contribution in [2.24, 2.45) is 0 Å². The summed E-state index contributed by atoms with van der Waals surface area (Å²) < 4.78 is 15.6. The van der Waals surface area contributed by atoms with Crippen LogP contribution in [0.15, 0.2) is 55.0 Å². The topological polar surface area (TPSA) is 46.0 Å². The van der Waals surface area contributed by atoms with Gasteiger partial charge in [-0.3, -0.25) is 9.88 Å². The van der Waals surface area contributed by atoms with E-state index in [1.807, 2.05) is 30.7 Å². The average molecular weight is 377 g/mol. The second kappa shape index (κ2) is 7.11. The fourth-order valence-electron chi connectivity index (χ4n) is 4.56. The quantitative estimate of drug-likeness (QED) is 0.762. The van der Waals surface area contributed by atoms with E-state index in [0.717, 1.165) is 62.6 Å². The number of hydrogen-bond acceptors (Lipinski definition) is 4. The van der Waals surface area contributed by atoms with Gasteiger partial charge in [-0.15, -0.1) is 0 Å². The van der Waals surface area contributed by atoms with E-state index in [-0.39, 0.29) is 11.4 Å². The smallest absolute Gasteiger partial charge is 0.129 e. The molecular weight excluding hydrogens is 353 g/mol. The highest BCUT2D eigenvalue weighted by atomic mass is 19.1. The minimum atomic E-state index is -0.207. The highest BCUT2D eigenvalue weighted by Gasteiger charge is 2.41. The van der Waals surface area contributed by atoms with Crippen molar-refractivity contribution in [2.45, 2.75) is 31.5 Å². The summed E-state index contributed by atoms with van der Waals surface area (Å²) in [7, 11) is 0. The van der Waals surface area contributed by atoms with Crippen LogP contribution in [0, 0.1) is 5.82 Å². The van der Waals surface area contributed by atoms with Crippen molar-refractivity contribution in [1.29, 1.82) is 0 Å². The summed E-state index contributed by atoms with van der Waals surface area (Å²) in [5, 5.41) is 3.77. The van der Waals surface area contributed by atoms with Crippen LogP contribution in [-0.4, -0.2) is 39.1 Å². The van der Waals surface area contributed by atoms with E-state index >= 15 is 0 Å². The van der Waals surface area contributed by atoms with Gasteiger partial charge in [0.15, 0.2) is 0 Å². The minimum absolute atomic E-state index is 0.0642. The van der Waals surface area contributed by atoms with E-state index in [1.165, 1.54) is 17.7 Å². The molecule has 0 bridgehead atoms. The fourth-order valence-corrected chi connectivity index (χ4v) is 4.56. The molecule has 1 fully saturated rings. The molecule has 0 radical (unpaired) electrons. The Morgan fingerprint density at radius 1 is 1.00 bits per heavy atom. The van der Waals surface area contributed by atoms with Crippen molar-refractivity contribution in [3.8, 4) is 11.3 Å². The summed E-state index contributed by atoms with van der Waals surface area (Å²) in [6, 6.07) is 10.9. The first kappa shape index (κ1) is 17.5. The number of imidazole rings is 1. The average Bonchev–Trinajstić information content (AvgIpc) is 3.17. The van der Waals surface area contributed by atoms with Gasteiger partial charge in [0.1, 0.15) is 11.6 Å². The number of fused-ring (bicyclic) bond motifs is 2. The molecular formula is C22H24FN5. The van der Waals surface area contributed by atoms with Gasteiger partial charge in [-0.05, 0) is 60.4 Å². The van der Waals surface area contributed by atoms with Gasteiger partial charge in [0.05, 0.1) is 17.4 Å². The molecule has 4 heterocycles. The summed E-state index contributed by atoms with van der Waals surface area (Å²) in [4.78, 5) is 11.4. The second-order valence-corrected chi connectivity index (χ2v) is 7.77.